The van der Waals surface area contributed by atoms with Crippen molar-refractivity contribution in [2.45, 2.75) is 49.8 Å². The molecule has 0 radical (unpaired) electrons. The molecule has 1 aliphatic rings. The standard InChI is InChI=1S/C21H25ClFN3O3S2/c1-21(2,18(27)28)12-30-17-11-24-19(31-17)25(3)20(29)26(14-6-4-5-7-14)16-9-8-13(23)10-15(16)22/h8-11,14H,4-7,12H2,1-3H3,(H,27,28). The molecule has 0 spiro atoms. The topological polar surface area (TPSA) is 73.7 Å². The quantitative estimate of drug-likeness (QED) is 0.476. The summed E-state index contributed by atoms with van der Waals surface area (Å²) in [6, 6.07) is 3.77. The summed E-state index contributed by atoms with van der Waals surface area (Å²) in [5.41, 5.74) is -0.379. The molecule has 0 saturated heterocycles. The molecule has 1 N–H and O–H groups in total. The first kappa shape index (κ1) is 23.8. The van der Waals surface area contributed by atoms with Crippen LogP contribution in [0.2, 0.25) is 5.02 Å². The van der Waals surface area contributed by atoms with Crippen LogP contribution in [0.1, 0.15) is 39.5 Å². The molecule has 10 heteroatoms. The third-order valence-electron chi connectivity index (χ3n) is 5.27. The molecule has 0 aliphatic heterocycles. The van der Waals surface area contributed by atoms with E-state index in [1.54, 1.807) is 38.1 Å². The number of carbonyl (C=O) groups is 2. The number of carbonyl (C=O) groups excluding carboxylic acids is 1. The Labute approximate surface area is 194 Å². The minimum Gasteiger partial charge on any atom is -0.481 e. The van der Waals surface area contributed by atoms with Crippen LogP contribution in [0.4, 0.5) is 20.0 Å². The van der Waals surface area contributed by atoms with Gasteiger partial charge >= 0.3 is 12.0 Å². The lowest BCUT2D eigenvalue weighted by Crippen LogP contribution is -2.46. The number of benzene rings is 1. The first-order chi connectivity index (χ1) is 14.6. The van der Waals surface area contributed by atoms with Gasteiger partial charge in [-0.3, -0.25) is 14.6 Å². The van der Waals surface area contributed by atoms with E-state index in [1.165, 1.54) is 40.1 Å². The Morgan fingerprint density at radius 3 is 2.65 bits per heavy atom. The zero-order valence-electron chi connectivity index (χ0n) is 17.6. The number of hydrogen-bond donors (Lipinski definition) is 1. The summed E-state index contributed by atoms with van der Waals surface area (Å²) in [6.45, 7) is 3.34. The number of amides is 2. The van der Waals surface area contributed by atoms with Gasteiger partial charge in [-0.25, -0.2) is 14.2 Å². The Hall–Kier alpha value is -1.84. The maximum atomic E-state index is 13.6. The predicted molar refractivity (Wildman–Crippen MR) is 124 cm³/mol. The number of thiazole rings is 1. The lowest BCUT2D eigenvalue weighted by molar-refractivity contribution is -0.145. The van der Waals surface area contributed by atoms with Crippen molar-refractivity contribution in [3.05, 3.63) is 35.2 Å². The maximum absolute atomic E-state index is 13.6. The highest BCUT2D eigenvalue weighted by Gasteiger charge is 2.33. The average Bonchev–Trinajstić information content (AvgIpc) is 3.39. The molecule has 168 valence electrons. The van der Waals surface area contributed by atoms with Gasteiger partial charge in [0.05, 0.1) is 26.5 Å². The lowest BCUT2D eigenvalue weighted by Gasteiger charge is -2.32. The molecule has 2 amide bonds. The van der Waals surface area contributed by atoms with Crippen LogP contribution in [0.15, 0.2) is 28.6 Å². The number of carboxylic acid groups (broad SMARTS) is 1. The Kier molecular flexibility index (Phi) is 7.49. The smallest absolute Gasteiger partial charge is 0.330 e. The van der Waals surface area contributed by atoms with Gasteiger partial charge in [0.1, 0.15) is 5.82 Å². The number of halogens is 2. The first-order valence-electron chi connectivity index (χ1n) is 9.94. The van der Waals surface area contributed by atoms with Gasteiger partial charge in [0, 0.05) is 18.8 Å². The minimum atomic E-state index is -0.866. The molecule has 1 saturated carbocycles. The Morgan fingerprint density at radius 2 is 2.03 bits per heavy atom. The van der Waals surface area contributed by atoms with E-state index < -0.39 is 17.2 Å². The summed E-state index contributed by atoms with van der Waals surface area (Å²) in [4.78, 5) is 32.3. The Morgan fingerprint density at radius 1 is 1.35 bits per heavy atom. The molecule has 0 bridgehead atoms. The van der Waals surface area contributed by atoms with Gasteiger partial charge in [-0.15, -0.1) is 11.8 Å². The van der Waals surface area contributed by atoms with Gasteiger partial charge in [-0.2, -0.15) is 0 Å². The fourth-order valence-electron chi connectivity index (χ4n) is 3.32. The molecule has 0 unspecified atom stereocenters. The molecule has 1 aromatic carbocycles. The fourth-order valence-corrected chi connectivity index (χ4v) is 5.58. The highest BCUT2D eigenvalue weighted by atomic mass is 35.5. The normalized spacial score (nSPS) is 14.6. The number of hydrogen-bond acceptors (Lipinski definition) is 5. The highest BCUT2D eigenvalue weighted by molar-refractivity contribution is 8.01. The Bertz CT molecular complexity index is 963. The summed E-state index contributed by atoms with van der Waals surface area (Å²) in [7, 11) is 1.65. The van der Waals surface area contributed by atoms with Crippen molar-refractivity contribution >= 4 is 57.5 Å². The number of thioether (sulfide) groups is 1. The van der Waals surface area contributed by atoms with Crippen molar-refractivity contribution < 1.29 is 19.1 Å². The molecule has 2 aromatic rings. The number of aromatic nitrogens is 1. The van der Waals surface area contributed by atoms with Crippen LogP contribution >= 0.6 is 34.7 Å². The number of anilines is 2. The van der Waals surface area contributed by atoms with E-state index in [2.05, 4.69) is 4.98 Å². The summed E-state index contributed by atoms with van der Waals surface area (Å²) in [5.74, 6) is -0.923. The van der Waals surface area contributed by atoms with Gasteiger partial charge in [0.2, 0.25) is 0 Å². The fraction of sp³-hybridized carbons (Fsp3) is 0.476. The van der Waals surface area contributed by atoms with Gasteiger partial charge < -0.3 is 5.11 Å². The molecule has 0 atom stereocenters. The van der Waals surface area contributed by atoms with Crippen molar-refractivity contribution in [3.8, 4) is 0 Å². The van der Waals surface area contributed by atoms with Crippen LogP contribution < -0.4 is 9.80 Å². The summed E-state index contributed by atoms with van der Waals surface area (Å²) >= 11 is 9.02. The van der Waals surface area contributed by atoms with E-state index in [9.17, 15) is 19.1 Å². The molecule has 3 rings (SSSR count). The summed E-state index contributed by atoms with van der Waals surface area (Å²) < 4.78 is 14.4. The summed E-state index contributed by atoms with van der Waals surface area (Å²) in [5, 5.41) is 9.98. The van der Waals surface area contributed by atoms with Crippen molar-refractivity contribution in [2.75, 3.05) is 22.6 Å². The molecule has 31 heavy (non-hydrogen) atoms. The highest BCUT2D eigenvalue weighted by Crippen LogP contribution is 2.37. The number of aliphatic carboxylic acids is 1. The number of urea groups is 1. The molecular formula is C21H25ClFN3O3S2. The second kappa shape index (κ2) is 9.75. The molecule has 1 aromatic heterocycles. The minimum absolute atomic E-state index is 0.0110. The molecule has 6 nitrogen and oxygen atoms in total. The van der Waals surface area contributed by atoms with E-state index in [0.717, 1.165) is 29.9 Å². The van der Waals surface area contributed by atoms with E-state index in [4.69, 9.17) is 11.6 Å². The molecular weight excluding hydrogens is 461 g/mol. The van der Waals surface area contributed by atoms with E-state index in [1.807, 2.05) is 0 Å². The predicted octanol–water partition coefficient (Wildman–Crippen LogP) is 6.14. The Balaban J connectivity index is 1.80. The van der Waals surface area contributed by atoms with E-state index in [0.29, 0.717) is 16.6 Å². The largest absolute Gasteiger partial charge is 0.481 e. The van der Waals surface area contributed by atoms with Gasteiger partial charge in [-0.05, 0) is 44.9 Å². The first-order valence-corrected chi connectivity index (χ1v) is 12.1. The average molecular weight is 486 g/mol. The zero-order chi connectivity index (χ0) is 22.8. The summed E-state index contributed by atoms with van der Waals surface area (Å²) in [6.07, 6.45) is 5.41. The second-order valence-corrected chi connectivity index (χ2v) is 10.9. The van der Waals surface area contributed by atoms with Crippen molar-refractivity contribution in [1.29, 1.82) is 0 Å². The third-order valence-corrected chi connectivity index (χ3v) is 8.30. The number of nitrogens with zero attached hydrogens (tertiary/aromatic N) is 3. The van der Waals surface area contributed by atoms with Gasteiger partial charge in [0.15, 0.2) is 5.13 Å². The van der Waals surface area contributed by atoms with Crippen LogP contribution in [-0.4, -0.2) is 40.9 Å². The monoisotopic (exact) mass is 485 g/mol. The zero-order valence-corrected chi connectivity index (χ0v) is 20.0. The van der Waals surface area contributed by atoms with E-state index in [-0.39, 0.29) is 17.1 Å². The maximum Gasteiger partial charge on any atom is 0.330 e. The third kappa shape index (κ3) is 5.51. The SMILES string of the molecule is CN(C(=O)N(c1ccc(F)cc1Cl)C1CCCC1)c1ncc(SCC(C)(C)C(=O)O)s1. The van der Waals surface area contributed by atoms with Gasteiger partial charge in [-0.1, -0.05) is 35.8 Å². The van der Waals surface area contributed by atoms with Crippen LogP contribution in [-0.2, 0) is 4.79 Å². The number of rotatable bonds is 7. The molecule has 1 heterocycles. The lowest BCUT2D eigenvalue weighted by atomic mass is 9.97. The molecule has 1 fully saturated rings. The van der Waals surface area contributed by atoms with E-state index >= 15 is 0 Å². The molecule has 1 aliphatic carbocycles. The van der Waals surface area contributed by atoms with Gasteiger partial charge in [0.25, 0.3) is 0 Å². The van der Waals surface area contributed by atoms with Crippen molar-refractivity contribution in [3.63, 3.8) is 0 Å². The van der Waals surface area contributed by atoms with Crippen LogP contribution in [0.5, 0.6) is 0 Å². The second-order valence-electron chi connectivity index (χ2n) is 8.19. The van der Waals surface area contributed by atoms with Crippen molar-refractivity contribution in [1.82, 2.24) is 4.98 Å². The van der Waals surface area contributed by atoms with Crippen LogP contribution in [0.3, 0.4) is 0 Å². The van der Waals surface area contributed by atoms with Crippen LogP contribution in [0.25, 0.3) is 0 Å². The van der Waals surface area contributed by atoms with Crippen LogP contribution in [0, 0.1) is 11.2 Å². The number of carboxylic acids is 1. The van der Waals surface area contributed by atoms with Crippen molar-refractivity contribution in [2.24, 2.45) is 5.41 Å².